The van der Waals surface area contributed by atoms with Gasteiger partial charge in [0.25, 0.3) is 0 Å². The van der Waals surface area contributed by atoms with Gasteiger partial charge in [0.1, 0.15) is 12.9 Å². The van der Waals surface area contributed by atoms with Crippen LogP contribution >= 0.6 is 0 Å². The van der Waals surface area contributed by atoms with Crippen LogP contribution in [0.5, 0.6) is 0 Å². The molecule has 0 fully saturated rings. The molecule has 36 heavy (non-hydrogen) atoms. The van der Waals surface area contributed by atoms with Gasteiger partial charge in [0.05, 0.1) is 23.7 Å². The van der Waals surface area contributed by atoms with Gasteiger partial charge in [-0.15, -0.1) is 0 Å². The molecule has 5 heteroatoms. The molecule has 0 aromatic heterocycles. The van der Waals surface area contributed by atoms with Crippen molar-refractivity contribution in [2.75, 3.05) is 20.3 Å². The zero-order valence-corrected chi connectivity index (χ0v) is 23.1. The van der Waals surface area contributed by atoms with Crippen molar-refractivity contribution in [3.05, 3.63) is 65.7 Å². The summed E-state index contributed by atoms with van der Waals surface area (Å²) < 4.78 is 10.3. The van der Waals surface area contributed by atoms with Crippen LogP contribution in [0.2, 0.25) is 0 Å². The Morgan fingerprint density at radius 2 is 1.42 bits per heavy atom. The van der Waals surface area contributed by atoms with Gasteiger partial charge in [-0.3, -0.25) is 9.59 Å². The highest BCUT2D eigenvalue weighted by Gasteiger charge is 2.47. The maximum absolute atomic E-state index is 12.4. The van der Waals surface area contributed by atoms with E-state index >= 15 is 0 Å². The fraction of sp³-hybridized carbons (Fsp3) is 0.452. The molecular weight excluding hydrogens is 450 g/mol. The van der Waals surface area contributed by atoms with Crippen molar-refractivity contribution >= 4 is 18.3 Å². The molecule has 2 rings (SSSR count). The molecule has 0 saturated carbocycles. The van der Waals surface area contributed by atoms with Crippen molar-refractivity contribution in [2.45, 2.75) is 54.9 Å². The van der Waals surface area contributed by atoms with Crippen molar-refractivity contribution in [1.82, 2.24) is 0 Å². The van der Waals surface area contributed by atoms with Crippen molar-refractivity contribution in [3.63, 3.8) is 0 Å². The average Bonchev–Trinajstić information content (AvgIpc) is 2.82. The van der Waals surface area contributed by atoms with E-state index in [1.807, 2.05) is 43.3 Å². The smallest absolute Gasteiger partial charge is 0.312 e. The molecule has 0 aliphatic carbocycles. The van der Waals surface area contributed by atoms with Gasteiger partial charge >= 0.3 is 5.97 Å². The lowest BCUT2D eigenvalue weighted by Crippen LogP contribution is -2.44. The number of nitrogens with zero attached hydrogens (tertiary/aromatic N) is 1. The van der Waals surface area contributed by atoms with Gasteiger partial charge in [-0.2, -0.15) is 5.26 Å². The minimum Gasteiger partial charge on any atom is -0.463 e. The van der Waals surface area contributed by atoms with E-state index in [0.29, 0.717) is 18.8 Å². The third kappa shape index (κ3) is 9.79. The molecular formula is C31H41NO4. The number of aldehydes is 1. The van der Waals surface area contributed by atoms with Crippen LogP contribution in [0.25, 0.3) is 17.2 Å². The number of carbonyl (C=O) groups excluding carboxylic acids is 2. The van der Waals surface area contributed by atoms with Crippen molar-refractivity contribution in [3.8, 4) is 17.2 Å². The van der Waals surface area contributed by atoms with Crippen LogP contribution in [0.4, 0.5) is 0 Å². The standard InChI is InChI=1S/C16H11NO.C15H30O3/c17-12-14-5-9-16(10-6-14)15-7-3-13(4-8-15)2-1-11-18;1-13(2,3)11-15(7,14(4,5)6)12(16)18-10-9-17-8/h1-11H;9-11H2,1-8H3/b2-1+;. The first-order chi connectivity index (χ1) is 16.8. The number of carbonyl (C=O) groups is 2. The van der Waals surface area contributed by atoms with E-state index in [4.69, 9.17) is 14.7 Å². The number of rotatable bonds is 8. The molecule has 0 radical (unpaired) electrons. The Labute approximate surface area is 217 Å². The predicted octanol–water partition coefficient (Wildman–Crippen LogP) is 7.10. The molecule has 2 aromatic carbocycles. The van der Waals surface area contributed by atoms with Crippen LogP contribution in [-0.4, -0.2) is 32.6 Å². The Balaban J connectivity index is 0.000000360. The summed E-state index contributed by atoms with van der Waals surface area (Å²) in [7, 11) is 1.60. The molecule has 0 aliphatic rings. The van der Waals surface area contributed by atoms with E-state index in [1.165, 1.54) is 6.08 Å². The number of nitriles is 1. The lowest BCUT2D eigenvalue weighted by atomic mass is 9.61. The Bertz CT molecular complexity index is 1030. The van der Waals surface area contributed by atoms with Gasteiger partial charge in [-0.05, 0) is 59.1 Å². The lowest BCUT2D eigenvalue weighted by molar-refractivity contribution is -0.166. The Morgan fingerprint density at radius 1 is 0.889 bits per heavy atom. The largest absolute Gasteiger partial charge is 0.463 e. The van der Waals surface area contributed by atoms with Gasteiger partial charge in [0, 0.05) is 7.11 Å². The van der Waals surface area contributed by atoms with E-state index < -0.39 is 5.41 Å². The fourth-order valence-electron chi connectivity index (χ4n) is 3.76. The van der Waals surface area contributed by atoms with E-state index in [0.717, 1.165) is 29.4 Å². The Hall–Kier alpha value is -3.23. The van der Waals surface area contributed by atoms with Crippen LogP contribution in [-0.2, 0) is 19.1 Å². The molecule has 1 unspecified atom stereocenters. The molecule has 0 bridgehead atoms. The summed E-state index contributed by atoms with van der Waals surface area (Å²) in [5.74, 6) is -0.123. The maximum Gasteiger partial charge on any atom is 0.312 e. The summed E-state index contributed by atoms with van der Waals surface area (Å²) in [6, 6.07) is 17.4. The minimum atomic E-state index is -0.487. The van der Waals surface area contributed by atoms with Gasteiger partial charge in [-0.1, -0.05) is 84.0 Å². The van der Waals surface area contributed by atoms with Gasteiger partial charge in [0.15, 0.2) is 0 Å². The quantitative estimate of drug-likeness (QED) is 0.170. The highest BCUT2D eigenvalue weighted by molar-refractivity contribution is 5.77. The monoisotopic (exact) mass is 491 g/mol. The zero-order valence-electron chi connectivity index (χ0n) is 23.1. The van der Waals surface area contributed by atoms with Crippen LogP contribution in [0.3, 0.4) is 0 Å². The Kier molecular flexibility index (Phi) is 11.8. The molecule has 0 spiro atoms. The first kappa shape index (κ1) is 30.8. The topological polar surface area (TPSA) is 76.4 Å². The Morgan fingerprint density at radius 3 is 1.83 bits per heavy atom. The molecule has 0 aliphatic heterocycles. The first-order valence-corrected chi connectivity index (χ1v) is 12.2. The van der Waals surface area contributed by atoms with E-state index in [9.17, 15) is 9.59 Å². The third-order valence-electron chi connectivity index (χ3n) is 6.14. The first-order valence-electron chi connectivity index (χ1n) is 12.2. The maximum atomic E-state index is 12.4. The summed E-state index contributed by atoms with van der Waals surface area (Å²) >= 11 is 0. The van der Waals surface area contributed by atoms with E-state index in [-0.39, 0.29) is 16.8 Å². The highest BCUT2D eigenvalue weighted by Crippen LogP contribution is 2.47. The normalized spacial score (nSPS) is 13.2. The van der Waals surface area contributed by atoms with Crippen LogP contribution in [0.15, 0.2) is 54.6 Å². The number of ether oxygens (including phenoxy) is 2. The predicted molar refractivity (Wildman–Crippen MR) is 146 cm³/mol. The molecule has 0 amide bonds. The van der Waals surface area contributed by atoms with Gasteiger partial charge < -0.3 is 9.47 Å². The third-order valence-corrected chi connectivity index (χ3v) is 6.14. The molecule has 194 valence electrons. The number of benzene rings is 2. The van der Waals surface area contributed by atoms with Crippen LogP contribution in [0, 0.1) is 27.6 Å². The highest BCUT2D eigenvalue weighted by atomic mass is 16.6. The van der Waals surface area contributed by atoms with Crippen molar-refractivity contribution in [1.29, 1.82) is 5.26 Å². The van der Waals surface area contributed by atoms with Crippen LogP contribution < -0.4 is 0 Å². The second kappa shape index (κ2) is 13.8. The summed E-state index contributed by atoms with van der Waals surface area (Å²) in [4.78, 5) is 22.6. The molecule has 0 heterocycles. The SMILES string of the molecule is COCCOC(=O)C(C)(CC(C)(C)C)C(C)(C)C.N#Cc1ccc(-c2ccc(/C=C/C=O)cc2)cc1. The summed E-state index contributed by atoms with van der Waals surface area (Å²) in [5.41, 5.74) is 3.26. The summed E-state index contributed by atoms with van der Waals surface area (Å²) in [6.45, 7) is 15.5. The number of hydrogen-bond donors (Lipinski definition) is 0. The number of esters is 1. The average molecular weight is 492 g/mol. The summed E-state index contributed by atoms with van der Waals surface area (Å²) in [6.07, 6.45) is 4.79. The van der Waals surface area contributed by atoms with Crippen LogP contribution in [0.1, 0.15) is 66.0 Å². The van der Waals surface area contributed by atoms with Gasteiger partial charge in [-0.25, -0.2) is 0 Å². The zero-order chi connectivity index (χ0) is 27.4. The van der Waals surface area contributed by atoms with Crippen molar-refractivity contribution in [2.24, 2.45) is 16.2 Å². The van der Waals surface area contributed by atoms with E-state index in [2.05, 4.69) is 47.6 Å². The minimum absolute atomic E-state index is 0.0856. The van der Waals surface area contributed by atoms with Gasteiger partial charge in [0.2, 0.25) is 0 Å². The fourth-order valence-corrected chi connectivity index (χ4v) is 3.76. The second-order valence-electron chi connectivity index (χ2n) is 11.3. The summed E-state index contributed by atoms with van der Waals surface area (Å²) in [5, 5.41) is 8.73. The molecule has 1 atom stereocenters. The van der Waals surface area contributed by atoms with Crippen molar-refractivity contribution < 1.29 is 19.1 Å². The number of allylic oxidation sites excluding steroid dienone is 1. The number of methoxy groups -OCH3 is 1. The molecule has 0 N–H and O–H groups in total. The van der Waals surface area contributed by atoms with E-state index in [1.54, 1.807) is 25.3 Å². The number of hydrogen-bond acceptors (Lipinski definition) is 5. The second-order valence-corrected chi connectivity index (χ2v) is 11.3. The molecule has 0 saturated heterocycles. The molecule has 2 aromatic rings. The molecule has 5 nitrogen and oxygen atoms in total. The lowest BCUT2D eigenvalue weighted by Gasteiger charge is -2.43.